The molecule has 0 aromatic carbocycles. The van der Waals surface area contributed by atoms with Crippen molar-refractivity contribution in [2.24, 2.45) is 5.92 Å². The molecule has 0 heterocycles. The standard InChI is InChI=1S/C13H23NO/c1-3-5-6-7-12-8-10-13(11-9-12)14(15)4-2/h2,12-14H,3,5-11H2,1H3. The van der Waals surface area contributed by atoms with Crippen molar-refractivity contribution in [2.45, 2.75) is 64.3 Å². The summed E-state index contributed by atoms with van der Waals surface area (Å²) in [6.07, 6.45) is 15.0. The van der Waals surface area contributed by atoms with E-state index in [0.29, 0.717) is 0 Å². The molecule has 1 fully saturated rings. The maximum atomic E-state index is 11.3. The molecule has 1 rings (SSSR count). The molecule has 1 unspecified atom stereocenters. The van der Waals surface area contributed by atoms with Gasteiger partial charge in [-0.2, -0.15) is 0 Å². The van der Waals surface area contributed by atoms with Crippen molar-refractivity contribution < 1.29 is 5.06 Å². The Morgan fingerprint density at radius 2 is 1.93 bits per heavy atom. The van der Waals surface area contributed by atoms with E-state index < -0.39 is 0 Å². The summed E-state index contributed by atoms with van der Waals surface area (Å²) in [7, 11) is 0. The molecule has 0 spiro atoms. The van der Waals surface area contributed by atoms with E-state index in [9.17, 15) is 5.21 Å². The molecule has 0 aromatic heterocycles. The van der Waals surface area contributed by atoms with Crippen LogP contribution in [0.4, 0.5) is 0 Å². The van der Waals surface area contributed by atoms with E-state index in [-0.39, 0.29) is 11.1 Å². The van der Waals surface area contributed by atoms with Gasteiger partial charge in [0.25, 0.3) is 0 Å². The zero-order valence-electron chi connectivity index (χ0n) is 9.80. The van der Waals surface area contributed by atoms with Gasteiger partial charge in [0.2, 0.25) is 0 Å². The van der Waals surface area contributed by atoms with Gasteiger partial charge in [-0.3, -0.25) is 5.06 Å². The summed E-state index contributed by atoms with van der Waals surface area (Å²) in [4.78, 5) is 0. The van der Waals surface area contributed by atoms with Crippen molar-refractivity contribution in [2.75, 3.05) is 0 Å². The third-order valence-electron chi connectivity index (χ3n) is 3.58. The van der Waals surface area contributed by atoms with Gasteiger partial charge >= 0.3 is 0 Å². The van der Waals surface area contributed by atoms with Crippen molar-refractivity contribution >= 4 is 0 Å². The fourth-order valence-corrected chi connectivity index (χ4v) is 2.51. The van der Waals surface area contributed by atoms with Crippen LogP contribution in [0.25, 0.3) is 0 Å². The van der Waals surface area contributed by atoms with Crippen LogP contribution in [0.15, 0.2) is 0 Å². The molecule has 1 aliphatic carbocycles. The Bertz CT molecular complexity index is 201. The van der Waals surface area contributed by atoms with E-state index in [1.165, 1.54) is 38.5 Å². The predicted molar refractivity (Wildman–Crippen MR) is 63.1 cm³/mol. The second kappa shape index (κ2) is 6.87. The van der Waals surface area contributed by atoms with Crippen molar-refractivity contribution in [3.8, 4) is 12.5 Å². The average molecular weight is 209 g/mol. The number of hydrogen-bond donors (Lipinski definition) is 1. The maximum absolute atomic E-state index is 11.3. The molecular formula is C13H23NO. The van der Waals surface area contributed by atoms with Crippen LogP contribution in [0.2, 0.25) is 0 Å². The van der Waals surface area contributed by atoms with Gasteiger partial charge in [0, 0.05) is 12.8 Å². The van der Waals surface area contributed by atoms with E-state index in [2.05, 4.69) is 13.0 Å². The zero-order chi connectivity index (χ0) is 11.1. The fraction of sp³-hybridized carbons (Fsp3) is 0.846. The first-order valence-electron chi connectivity index (χ1n) is 6.28. The Balaban J connectivity index is 2.16. The number of hydrogen-bond acceptors (Lipinski definition) is 1. The lowest BCUT2D eigenvalue weighted by Gasteiger charge is -2.32. The summed E-state index contributed by atoms with van der Waals surface area (Å²) < 4.78 is 0. The van der Waals surface area contributed by atoms with Gasteiger partial charge in [0.05, 0.1) is 6.04 Å². The predicted octanol–water partition coefficient (Wildman–Crippen LogP) is 2.10. The Morgan fingerprint density at radius 3 is 2.47 bits per heavy atom. The molecule has 0 saturated heterocycles. The van der Waals surface area contributed by atoms with Crippen LogP contribution in [-0.4, -0.2) is 6.04 Å². The lowest BCUT2D eigenvalue weighted by Crippen LogP contribution is -3.07. The highest BCUT2D eigenvalue weighted by molar-refractivity contribution is 4.76. The van der Waals surface area contributed by atoms with Gasteiger partial charge in [-0.25, -0.2) is 0 Å². The number of rotatable bonds is 5. The fourth-order valence-electron chi connectivity index (χ4n) is 2.51. The van der Waals surface area contributed by atoms with E-state index in [0.717, 1.165) is 18.8 Å². The molecule has 2 heteroatoms. The highest BCUT2D eigenvalue weighted by atomic mass is 16.5. The van der Waals surface area contributed by atoms with Crippen LogP contribution in [0, 0.1) is 23.6 Å². The maximum Gasteiger partial charge on any atom is 0.132 e. The van der Waals surface area contributed by atoms with Crippen LogP contribution in [-0.2, 0) is 0 Å². The molecule has 0 radical (unpaired) electrons. The van der Waals surface area contributed by atoms with E-state index in [4.69, 9.17) is 6.42 Å². The molecule has 1 aliphatic rings. The largest absolute Gasteiger partial charge is 0.620 e. The van der Waals surface area contributed by atoms with Gasteiger partial charge in [0.1, 0.15) is 6.04 Å². The minimum Gasteiger partial charge on any atom is -0.620 e. The number of nitrogens with one attached hydrogen (secondary N) is 1. The second-order valence-corrected chi connectivity index (χ2v) is 4.72. The van der Waals surface area contributed by atoms with Crippen molar-refractivity contribution in [3.63, 3.8) is 0 Å². The molecule has 0 bridgehead atoms. The van der Waals surface area contributed by atoms with Crippen LogP contribution in [0.1, 0.15) is 58.3 Å². The smallest absolute Gasteiger partial charge is 0.132 e. The highest BCUT2D eigenvalue weighted by Crippen LogP contribution is 2.27. The quantitative estimate of drug-likeness (QED) is 0.419. The molecule has 0 aromatic rings. The Hall–Kier alpha value is -0.520. The third kappa shape index (κ3) is 4.24. The first kappa shape index (κ1) is 12.5. The Labute approximate surface area is 93.6 Å². The lowest BCUT2D eigenvalue weighted by molar-refractivity contribution is -0.806. The summed E-state index contributed by atoms with van der Waals surface area (Å²) in [6, 6.07) is 2.44. The molecule has 86 valence electrons. The topological polar surface area (TPSA) is 27.5 Å². The summed E-state index contributed by atoms with van der Waals surface area (Å²) >= 11 is 0. The minimum absolute atomic E-state index is 0.0296. The van der Waals surface area contributed by atoms with Gasteiger partial charge in [0.15, 0.2) is 0 Å². The van der Waals surface area contributed by atoms with E-state index in [1.54, 1.807) is 0 Å². The lowest BCUT2D eigenvalue weighted by atomic mass is 9.83. The first-order valence-corrected chi connectivity index (χ1v) is 6.28. The van der Waals surface area contributed by atoms with Crippen molar-refractivity contribution in [3.05, 3.63) is 5.21 Å². The summed E-state index contributed by atoms with van der Waals surface area (Å²) in [5.41, 5.74) is 0. The highest BCUT2D eigenvalue weighted by Gasteiger charge is 2.24. The molecule has 1 atom stereocenters. The van der Waals surface area contributed by atoms with Crippen LogP contribution in [0.5, 0.6) is 0 Å². The van der Waals surface area contributed by atoms with E-state index >= 15 is 0 Å². The summed E-state index contributed by atoms with van der Waals surface area (Å²) in [5, 5.41) is 11.3. The first-order chi connectivity index (χ1) is 7.27. The third-order valence-corrected chi connectivity index (χ3v) is 3.58. The monoisotopic (exact) mass is 209 g/mol. The average Bonchev–Trinajstić information content (AvgIpc) is 2.29. The molecule has 1 N–H and O–H groups in total. The Kier molecular flexibility index (Phi) is 5.75. The Morgan fingerprint density at radius 1 is 1.27 bits per heavy atom. The molecule has 1 saturated carbocycles. The van der Waals surface area contributed by atoms with Crippen LogP contribution in [0.3, 0.4) is 0 Å². The number of terminal acetylenes is 1. The van der Waals surface area contributed by atoms with Crippen LogP contribution >= 0.6 is 0 Å². The molecule has 0 aliphatic heterocycles. The molecular weight excluding hydrogens is 186 g/mol. The van der Waals surface area contributed by atoms with Gasteiger partial charge in [-0.15, -0.1) is 0 Å². The van der Waals surface area contributed by atoms with Crippen LogP contribution < -0.4 is 5.06 Å². The zero-order valence-corrected chi connectivity index (χ0v) is 9.80. The van der Waals surface area contributed by atoms with Gasteiger partial charge < -0.3 is 5.21 Å². The molecule has 0 amide bonds. The van der Waals surface area contributed by atoms with Gasteiger partial charge in [-0.05, 0) is 18.8 Å². The molecule has 15 heavy (non-hydrogen) atoms. The van der Waals surface area contributed by atoms with E-state index in [1.807, 2.05) is 0 Å². The number of unbranched alkanes of at least 4 members (excludes halogenated alkanes) is 2. The summed E-state index contributed by atoms with van der Waals surface area (Å²) in [5.74, 6) is 0.860. The normalized spacial score (nSPS) is 28.3. The van der Waals surface area contributed by atoms with Gasteiger partial charge in [-0.1, -0.05) is 39.0 Å². The number of quaternary nitrogens is 1. The summed E-state index contributed by atoms with van der Waals surface area (Å²) in [6.45, 7) is 2.24. The van der Waals surface area contributed by atoms with Crippen molar-refractivity contribution in [1.29, 1.82) is 0 Å². The minimum atomic E-state index is 0.0296. The molecule has 2 nitrogen and oxygen atoms in total. The van der Waals surface area contributed by atoms with Crippen molar-refractivity contribution in [1.82, 2.24) is 0 Å². The number of hydroxylamine groups is 2. The second-order valence-electron chi connectivity index (χ2n) is 4.72. The SMILES string of the molecule is C#C[NH+]([O-])C1CCC(CCCCC)CC1.